The summed E-state index contributed by atoms with van der Waals surface area (Å²) in [6.07, 6.45) is 1.18. The summed E-state index contributed by atoms with van der Waals surface area (Å²) >= 11 is 1.46. The molecule has 176 valence electrons. The third-order valence-corrected chi connectivity index (χ3v) is 6.94. The second kappa shape index (κ2) is 11.6. The number of amides is 3. The summed E-state index contributed by atoms with van der Waals surface area (Å²) in [5, 5.41) is 19.3. The van der Waals surface area contributed by atoms with Crippen molar-refractivity contribution in [1.29, 1.82) is 0 Å². The van der Waals surface area contributed by atoms with Gasteiger partial charge in [0, 0.05) is 13.1 Å². The van der Waals surface area contributed by atoms with Crippen LogP contribution in [0.1, 0.15) is 49.8 Å². The first-order chi connectivity index (χ1) is 15.5. The van der Waals surface area contributed by atoms with E-state index in [9.17, 15) is 19.5 Å². The van der Waals surface area contributed by atoms with E-state index in [0.29, 0.717) is 32.4 Å². The average Bonchev–Trinajstić information content (AvgIpc) is 3.49. The van der Waals surface area contributed by atoms with Crippen LogP contribution >= 0.6 is 11.9 Å². The molecule has 2 aliphatic rings. The van der Waals surface area contributed by atoms with Gasteiger partial charge < -0.3 is 10.0 Å². The Morgan fingerprint density at radius 1 is 1.28 bits per heavy atom. The van der Waals surface area contributed by atoms with E-state index >= 15 is 0 Å². The highest BCUT2D eigenvalue weighted by Crippen LogP contribution is 2.34. The fourth-order valence-corrected chi connectivity index (χ4v) is 5.03. The summed E-state index contributed by atoms with van der Waals surface area (Å²) in [5.41, 5.74) is 8.51. The number of hydrogen-bond acceptors (Lipinski definition) is 8. The Balaban J connectivity index is 1.62. The summed E-state index contributed by atoms with van der Waals surface area (Å²) in [6, 6.07) is 9.28. The van der Waals surface area contributed by atoms with Gasteiger partial charge in [-0.25, -0.2) is 10.9 Å². The summed E-state index contributed by atoms with van der Waals surface area (Å²) in [4.78, 5) is 39.4. The lowest BCUT2D eigenvalue weighted by molar-refractivity contribution is -0.153. The second-order valence-electron chi connectivity index (χ2n) is 8.00. The molecule has 2 fully saturated rings. The molecule has 10 nitrogen and oxygen atoms in total. The Kier molecular flexibility index (Phi) is 8.88. The van der Waals surface area contributed by atoms with Crippen LogP contribution in [0.4, 0.5) is 0 Å². The smallest absolute Gasteiger partial charge is 0.272 e. The molecule has 0 radical (unpaired) electrons. The van der Waals surface area contributed by atoms with Gasteiger partial charge in [0.1, 0.15) is 12.1 Å². The molecule has 3 rings (SSSR count). The predicted octanol–water partition coefficient (Wildman–Crippen LogP) is 0.891. The van der Waals surface area contributed by atoms with Crippen LogP contribution in [-0.2, 0) is 14.4 Å². The quantitative estimate of drug-likeness (QED) is 0.206. The highest BCUT2D eigenvalue weighted by Gasteiger charge is 2.41. The highest BCUT2D eigenvalue weighted by molar-refractivity contribution is 7.97. The van der Waals surface area contributed by atoms with Crippen LogP contribution in [0.25, 0.3) is 0 Å². The van der Waals surface area contributed by atoms with E-state index in [1.807, 2.05) is 37.3 Å². The molecule has 1 aromatic carbocycles. The summed E-state index contributed by atoms with van der Waals surface area (Å²) < 4.78 is 1.57. The van der Waals surface area contributed by atoms with E-state index < -0.39 is 29.9 Å². The molecule has 1 aromatic rings. The van der Waals surface area contributed by atoms with E-state index in [1.165, 1.54) is 22.3 Å². The molecule has 3 unspecified atom stereocenters. The lowest BCUT2D eigenvalue weighted by Crippen LogP contribution is -2.54. The first-order valence-electron chi connectivity index (χ1n) is 10.9. The van der Waals surface area contributed by atoms with Crippen molar-refractivity contribution in [2.75, 3.05) is 13.1 Å². The van der Waals surface area contributed by atoms with Gasteiger partial charge >= 0.3 is 0 Å². The molecule has 0 saturated carbocycles. The van der Waals surface area contributed by atoms with Crippen molar-refractivity contribution >= 4 is 29.7 Å². The van der Waals surface area contributed by atoms with Crippen molar-refractivity contribution in [3.05, 3.63) is 35.9 Å². The standard InChI is InChI=1S/C21H31N5O5S/c1-2-3-10-15(18(27)20(29)24-31)21(30)25-12-7-11-16(25)19(28)23-26-22-13-17(32-26)14-8-5-4-6-9-14/h4-6,8-9,15-18,22,27,31H,2-3,7,10-13H2,1H3,(H,23,28)(H,24,29)/t15?,16?,17-,18?/m1/s1. The van der Waals surface area contributed by atoms with Gasteiger partial charge in [0.25, 0.3) is 11.8 Å². The molecule has 2 heterocycles. The second-order valence-corrected chi connectivity index (χ2v) is 9.14. The maximum atomic E-state index is 13.2. The lowest BCUT2D eigenvalue weighted by atomic mass is 9.93. The molecule has 0 aromatic heterocycles. The van der Waals surface area contributed by atoms with Crippen molar-refractivity contribution in [3.63, 3.8) is 0 Å². The molecule has 0 bridgehead atoms. The third kappa shape index (κ3) is 5.78. The number of nitrogens with one attached hydrogen (secondary N) is 3. The number of likely N-dealkylation sites (tertiary alicyclic amines) is 1. The largest absolute Gasteiger partial charge is 0.382 e. The maximum absolute atomic E-state index is 13.2. The van der Waals surface area contributed by atoms with E-state index in [2.05, 4.69) is 10.9 Å². The fourth-order valence-electron chi connectivity index (χ4n) is 4.06. The minimum Gasteiger partial charge on any atom is -0.382 e. The lowest BCUT2D eigenvalue weighted by Gasteiger charge is -2.30. The highest BCUT2D eigenvalue weighted by atomic mass is 32.2. The summed E-state index contributed by atoms with van der Waals surface area (Å²) in [6.45, 7) is 2.97. The van der Waals surface area contributed by atoms with Crippen molar-refractivity contribution in [3.8, 4) is 0 Å². The third-order valence-electron chi connectivity index (χ3n) is 5.82. The van der Waals surface area contributed by atoms with Gasteiger partial charge in [0.05, 0.1) is 11.2 Å². The Bertz CT molecular complexity index is 798. The van der Waals surface area contributed by atoms with Gasteiger partial charge in [-0.2, -0.15) is 0 Å². The Hall–Kier alpha value is -2.18. The summed E-state index contributed by atoms with van der Waals surface area (Å²) in [7, 11) is 0. The minimum atomic E-state index is -1.68. The first kappa shape index (κ1) is 24.5. The normalized spacial score (nSPS) is 23.0. The number of carbonyl (C=O) groups is 3. The van der Waals surface area contributed by atoms with Crippen LogP contribution in [-0.4, -0.2) is 62.7 Å². The zero-order valence-electron chi connectivity index (χ0n) is 18.1. The Morgan fingerprint density at radius 3 is 2.72 bits per heavy atom. The fraction of sp³-hybridized carbons (Fsp3) is 0.571. The molecule has 5 N–H and O–H groups in total. The monoisotopic (exact) mass is 465 g/mol. The molecule has 0 spiro atoms. The number of hydrogen-bond donors (Lipinski definition) is 5. The number of nitrogens with zero attached hydrogens (tertiary/aromatic N) is 2. The number of carbonyl (C=O) groups excluding carboxylic acids is 3. The van der Waals surface area contributed by atoms with Gasteiger partial charge in [-0.05, 0) is 36.8 Å². The molecule has 2 aliphatic heterocycles. The van der Waals surface area contributed by atoms with Gasteiger partial charge in [-0.1, -0.05) is 54.6 Å². The number of unbranched alkanes of at least 4 members (excludes halogenated alkanes) is 1. The van der Waals surface area contributed by atoms with Crippen molar-refractivity contribution < 1.29 is 24.7 Å². The van der Waals surface area contributed by atoms with E-state index in [1.54, 1.807) is 4.52 Å². The number of benzene rings is 1. The number of hydrazine groups is 2. The molecule has 32 heavy (non-hydrogen) atoms. The molecular weight excluding hydrogens is 434 g/mol. The van der Waals surface area contributed by atoms with Crippen molar-refractivity contribution in [1.82, 2.24) is 25.8 Å². The number of hydroxylamine groups is 1. The number of aliphatic hydroxyl groups excluding tert-OH is 1. The number of rotatable bonds is 9. The molecule has 4 atom stereocenters. The molecule has 3 amide bonds. The SMILES string of the molecule is CCCCC(C(=O)N1CCCC1C(=O)NN1NC[C@H](c2ccccc2)S1)C(O)C(=O)NO. The average molecular weight is 466 g/mol. The van der Waals surface area contributed by atoms with Gasteiger partial charge in [0.15, 0.2) is 0 Å². The predicted molar refractivity (Wildman–Crippen MR) is 118 cm³/mol. The van der Waals surface area contributed by atoms with E-state index in [4.69, 9.17) is 5.21 Å². The van der Waals surface area contributed by atoms with Crippen LogP contribution in [0.3, 0.4) is 0 Å². The minimum absolute atomic E-state index is 0.156. The van der Waals surface area contributed by atoms with Crippen LogP contribution < -0.4 is 16.3 Å². The van der Waals surface area contributed by atoms with Gasteiger partial charge in [-0.15, -0.1) is 0 Å². The summed E-state index contributed by atoms with van der Waals surface area (Å²) in [5.74, 6) is -2.81. The van der Waals surface area contributed by atoms with E-state index in [0.717, 1.165) is 12.0 Å². The van der Waals surface area contributed by atoms with Gasteiger partial charge in [0.2, 0.25) is 5.91 Å². The molecular formula is C21H31N5O5S. The first-order valence-corrected chi connectivity index (χ1v) is 11.8. The van der Waals surface area contributed by atoms with Crippen LogP contribution in [0, 0.1) is 5.92 Å². The van der Waals surface area contributed by atoms with Crippen molar-refractivity contribution in [2.24, 2.45) is 5.92 Å². The van der Waals surface area contributed by atoms with Crippen LogP contribution in [0.5, 0.6) is 0 Å². The Labute approximate surface area is 191 Å². The zero-order chi connectivity index (χ0) is 23.1. The van der Waals surface area contributed by atoms with Crippen molar-refractivity contribution in [2.45, 2.75) is 56.4 Å². The van der Waals surface area contributed by atoms with Gasteiger partial charge in [-0.3, -0.25) is 25.0 Å². The molecule has 11 heteroatoms. The van der Waals surface area contributed by atoms with E-state index in [-0.39, 0.29) is 17.6 Å². The topological polar surface area (TPSA) is 134 Å². The molecule has 2 saturated heterocycles. The Morgan fingerprint density at radius 2 is 2.03 bits per heavy atom. The maximum Gasteiger partial charge on any atom is 0.272 e. The zero-order valence-corrected chi connectivity index (χ0v) is 18.9. The molecule has 0 aliphatic carbocycles. The van der Waals surface area contributed by atoms with Crippen LogP contribution in [0.2, 0.25) is 0 Å². The van der Waals surface area contributed by atoms with Crippen LogP contribution in [0.15, 0.2) is 30.3 Å². The number of aliphatic hydroxyl groups is 1.